The summed E-state index contributed by atoms with van der Waals surface area (Å²) in [5, 5.41) is 3.58. The summed E-state index contributed by atoms with van der Waals surface area (Å²) >= 11 is 3.60. The minimum Gasteiger partial charge on any atom is -0.381 e. The molecule has 0 radical (unpaired) electrons. The van der Waals surface area contributed by atoms with E-state index in [1.54, 1.807) is 0 Å². The lowest BCUT2D eigenvalue weighted by Gasteiger charge is -2.29. The Morgan fingerprint density at radius 3 is 2.94 bits per heavy atom. The lowest BCUT2D eigenvalue weighted by atomic mass is 10.0. The molecule has 1 aromatic carbocycles. The van der Waals surface area contributed by atoms with Gasteiger partial charge in [-0.3, -0.25) is 0 Å². The highest BCUT2D eigenvalue weighted by Crippen LogP contribution is 2.26. The van der Waals surface area contributed by atoms with Crippen molar-refractivity contribution in [1.82, 2.24) is 0 Å². The molecule has 2 unspecified atom stereocenters. The molecule has 1 N–H and O–H groups in total. The van der Waals surface area contributed by atoms with Crippen molar-refractivity contribution >= 4 is 21.6 Å². The van der Waals surface area contributed by atoms with E-state index in [1.807, 2.05) is 0 Å². The van der Waals surface area contributed by atoms with Gasteiger partial charge >= 0.3 is 0 Å². The molecule has 0 aromatic heterocycles. The predicted octanol–water partition coefficient (Wildman–Crippen LogP) is 3.74. The third-order valence-corrected chi connectivity index (χ3v) is 3.63. The van der Waals surface area contributed by atoms with E-state index in [0.29, 0.717) is 12.1 Å². The topological polar surface area (TPSA) is 21.3 Å². The molecule has 3 heteroatoms. The second-order valence-corrected chi connectivity index (χ2v) is 5.38. The Morgan fingerprint density at radius 2 is 2.25 bits per heavy atom. The first kappa shape index (κ1) is 11.9. The van der Waals surface area contributed by atoms with Crippen LogP contribution >= 0.6 is 15.9 Å². The number of aryl methyl sites for hydroxylation is 1. The van der Waals surface area contributed by atoms with Crippen molar-refractivity contribution in [2.75, 3.05) is 11.9 Å². The molecule has 1 saturated heterocycles. The largest absolute Gasteiger partial charge is 0.381 e. The third-order valence-electron chi connectivity index (χ3n) is 2.97. The molecular formula is C13H18BrNO. The number of nitrogens with one attached hydrogen (secondary N) is 1. The fraction of sp³-hybridized carbons (Fsp3) is 0.538. The normalized spacial score (nSPS) is 25.4. The highest BCUT2D eigenvalue weighted by atomic mass is 79.9. The van der Waals surface area contributed by atoms with Crippen molar-refractivity contribution in [3.8, 4) is 0 Å². The molecule has 0 bridgehead atoms. The zero-order chi connectivity index (χ0) is 11.5. The zero-order valence-electron chi connectivity index (χ0n) is 9.79. The first-order valence-electron chi connectivity index (χ1n) is 5.79. The van der Waals surface area contributed by atoms with Gasteiger partial charge in [0.05, 0.1) is 6.10 Å². The lowest BCUT2D eigenvalue weighted by molar-refractivity contribution is 0.0232. The highest BCUT2D eigenvalue weighted by molar-refractivity contribution is 9.10. The molecule has 0 saturated carbocycles. The molecule has 0 aliphatic carbocycles. The quantitative estimate of drug-likeness (QED) is 0.893. The monoisotopic (exact) mass is 283 g/mol. The van der Waals surface area contributed by atoms with E-state index in [0.717, 1.165) is 23.9 Å². The van der Waals surface area contributed by atoms with Crippen molar-refractivity contribution in [3.05, 3.63) is 28.2 Å². The zero-order valence-corrected chi connectivity index (χ0v) is 11.4. The SMILES string of the molecule is Cc1ccc(NC2CCOC(C)C2)c(Br)c1. The van der Waals surface area contributed by atoms with Crippen LogP contribution in [-0.2, 0) is 4.74 Å². The Hall–Kier alpha value is -0.540. The Bertz CT molecular complexity index is 367. The summed E-state index contributed by atoms with van der Waals surface area (Å²) in [4.78, 5) is 0. The smallest absolute Gasteiger partial charge is 0.0566 e. The molecule has 1 heterocycles. The van der Waals surface area contributed by atoms with Gasteiger partial charge in [-0.25, -0.2) is 0 Å². The maximum Gasteiger partial charge on any atom is 0.0566 e. The minimum absolute atomic E-state index is 0.371. The van der Waals surface area contributed by atoms with Crippen LogP contribution in [0.15, 0.2) is 22.7 Å². The van der Waals surface area contributed by atoms with Crippen LogP contribution in [0.25, 0.3) is 0 Å². The van der Waals surface area contributed by atoms with Gasteiger partial charge in [0.2, 0.25) is 0 Å². The van der Waals surface area contributed by atoms with Gasteiger partial charge < -0.3 is 10.1 Å². The van der Waals surface area contributed by atoms with Gasteiger partial charge in [-0.05, 0) is 60.3 Å². The fourth-order valence-electron chi connectivity index (χ4n) is 2.09. The maximum absolute atomic E-state index is 5.54. The van der Waals surface area contributed by atoms with Gasteiger partial charge in [-0.15, -0.1) is 0 Å². The van der Waals surface area contributed by atoms with E-state index in [9.17, 15) is 0 Å². The Balaban J connectivity index is 2.02. The molecule has 2 nitrogen and oxygen atoms in total. The number of benzene rings is 1. The van der Waals surface area contributed by atoms with Gasteiger partial charge in [0, 0.05) is 22.8 Å². The molecule has 1 fully saturated rings. The van der Waals surface area contributed by atoms with Gasteiger partial charge in [0.15, 0.2) is 0 Å². The van der Waals surface area contributed by atoms with Gasteiger partial charge in [-0.1, -0.05) is 6.07 Å². The van der Waals surface area contributed by atoms with E-state index < -0.39 is 0 Å². The average Bonchev–Trinajstić information content (AvgIpc) is 2.22. The van der Waals surface area contributed by atoms with Crippen LogP contribution in [0, 0.1) is 6.92 Å². The van der Waals surface area contributed by atoms with Gasteiger partial charge in [-0.2, -0.15) is 0 Å². The first-order valence-corrected chi connectivity index (χ1v) is 6.59. The number of hydrogen-bond donors (Lipinski definition) is 1. The van der Waals surface area contributed by atoms with Crippen molar-refractivity contribution < 1.29 is 4.74 Å². The summed E-state index contributed by atoms with van der Waals surface area (Å²) < 4.78 is 6.69. The summed E-state index contributed by atoms with van der Waals surface area (Å²) in [7, 11) is 0. The van der Waals surface area contributed by atoms with E-state index >= 15 is 0 Å². The van der Waals surface area contributed by atoms with Crippen LogP contribution in [0.1, 0.15) is 25.3 Å². The molecule has 0 amide bonds. The van der Waals surface area contributed by atoms with Crippen molar-refractivity contribution in [2.24, 2.45) is 0 Å². The fourth-order valence-corrected chi connectivity index (χ4v) is 2.69. The van der Waals surface area contributed by atoms with E-state index in [4.69, 9.17) is 4.74 Å². The van der Waals surface area contributed by atoms with Crippen LogP contribution in [0.4, 0.5) is 5.69 Å². The lowest BCUT2D eigenvalue weighted by Crippen LogP contribution is -2.32. The molecule has 2 rings (SSSR count). The van der Waals surface area contributed by atoms with Crippen molar-refractivity contribution in [1.29, 1.82) is 0 Å². The highest BCUT2D eigenvalue weighted by Gasteiger charge is 2.19. The van der Waals surface area contributed by atoms with Crippen LogP contribution < -0.4 is 5.32 Å². The van der Waals surface area contributed by atoms with Crippen LogP contribution in [0.3, 0.4) is 0 Å². The summed E-state index contributed by atoms with van der Waals surface area (Å²) in [6, 6.07) is 6.95. The van der Waals surface area contributed by atoms with E-state index in [2.05, 4.69) is 53.3 Å². The molecule has 88 valence electrons. The number of halogens is 1. The van der Waals surface area contributed by atoms with Crippen LogP contribution in [0.2, 0.25) is 0 Å². The molecule has 16 heavy (non-hydrogen) atoms. The molecule has 0 spiro atoms. The molecule has 2 atom stereocenters. The summed E-state index contributed by atoms with van der Waals surface area (Å²) in [6.07, 6.45) is 2.54. The second kappa shape index (κ2) is 5.19. The number of hydrogen-bond acceptors (Lipinski definition) is 2. The minimum atomic E-state index is 0.371. The van der Waals surface area contributed by atoms with Crippen LogP contribution in [0.5, 0.6) is 0 Å². The Kier molecular flexibility index (Phi) is 3.87. The average molecular weight is 284 g/mol. The number of rotatable bonds is 2. The summed E-state index contributed by atoms with van der Waals surface area (Å²) in [5.74, 6) is 0. The van der Waals surface area contributed by atoms with E-state index in [-0.39, 0.29) is 0 Å². The summed E-state index contributed by atoms with van der Waals surface area (Å²) in [6.45, 7) is 5.10. The standard InChI is InChI=1S/C13H18BrNO/c1-9-3-4-13(12(14)7-9)15-11-5-6-16-10(2)8-11/h3-4,7,10-11,15H,5-6,8H2,1-2H3. The molecular weight excluding hydrogens is 266 g/mol. The summed E-state index contributed by atoms with van der Waals surface area (Å²) in [5.41, 5.74) is 2.46. The Labute approximate surface area is 106 Å². The molecule has 1 aromatic rings. The van der Waals surface area contributed by atoms with E-state index in [1.165, 1.54) is 11.3 Å². The number of ether oxygens (including phenoxy) is 1. The predicted molar refractivity (Wildman–Crippen MR) is 70.9 cm³/mol. The molecule has 1 aliphatic heterocycles. The van der Waals surface area contributed by atoms with Crippen molar-refractivity contribution in [2.45, 2.75) is 38.8 Å². The maximum atomic E-state index is 5.54. The van der Waals surface area contributed by atoms with Crippen molar-refractivity contribution in [3.63, 3.8) is 0 Å². The number of anilines is 1. The third kappa shape index (κ3) is 2.98. The second-order valence-electron chi connectivity index (χ2n) is 4.53. The van der Waals surface area contributed by atoms with Gasteiger partial charge in [0.1, 0.15) is 0 Å². The molecule has 1 aliphatic rings. The van der Waals surface area contributed by atoms with Crippen LogP contribution in [-0.4, -0.2) is 18.8 Å². The Morgan fingerprint density at radius 1 is 1.44 bits per heavy atom. The first-order chi connectivity index (χ1) is 7.65. The van der Waals surface area contributed by atoms with Gasteiger partial charge in [0.25, 0.3) is 0 Å².